The molecule has 0 unspecified atom stereocenters. The molecule has 0 amide bonds. The molecule has 0 aliphatic rings. The van der Waals surface area contributed by atoms with Gasteiger partial charge in [0.15, 0.2) is 5.60 Å². The smallest absolute Gasteiger partial charge is 0.349 e. The zero-order chi connectivity index (χ0) is 15.2. The van der Waals surface area contributed by atoms with Crippen LogP contribution in [-0.4, -0.2) is 31.3 Å². The molecular weight excluding hydrogens is 260 g/mol. The summed E-state index contributed by atoms with van der Waals surface area (Å²) in [6.07, 6.45) is 1.48. The van der Waals surface area contributed by atoms with E-state index in [0.29, 0.717) is 11.3 Å². The Morgan fingerprint density at radius 3 is 2.65 bits per heavy atom. The predicted octanol–water partition coefficient (Wildman–Crippen LogP) is 2.36. The van der Waals surface area contributed by atoms with Crippen LogP contribution in [0.15, 0.2) is 36.9 Å². The molecule has 0 fully saturated rings. The van der Waals surface area contributed by atoms with Crippen molar-refractivity contribution in [1.29, 1.82) is 0 Å². The van der Waals surface area contributed by atoms with Gasteiger partial charge in [-0.1, -0.05) is 18.7 Å². The van der Waals surface area contributed by atoms with E-state index in [9.17, 15) is 9.59 Å². The van der Waals surface area contributed by atoms with Crippen LogP contribution in [0.4, 0.5) is 0 Å². The average Bonchev–Trinajstić information content (AvgIpc) is 2.43. The lowest BCUT2D eigenvalue weighted by Crippen LogP contribution is -2.39. The largest absolute Gasteiger partial charge is 0.476 e. The first-order valence-corrected chi connectivity index (χ1v) is 6.06. The van der Waals surface area contributed by atoms with Gasteiger partial charge < -0.3 is 14.2 Å². The Kier molecular flexibility index (Phi) is 5.32. The second-order valence-corrected chi connectivity index (χ2v) is 4.52. The molecule has 0 aromatic heterocycles. The van der Waals surface area contributed by atoms with Crippen molar-refractivity contribution >= 4 is 11.9 Å². The first-order valence-electron chi connectivity index (χ1n) is 6.06. The van der Waals surface area contributed by atoms with Crippen LogP contribution < -0.4 is 4.74 Å². The van der Waals surface area contributed by atoms with Crippen molar-refractivity contribution in [3.05, 3.63) is 42.5 Å². The van der Waals surface area contributed by atoms with E-state index in [0.717, 1.165) is 0 Å². The number of carbonyl (C=O) groups excluding carboxylic acids is 2. The maximum atomic E-state index is 11.7. The normalized spacial score (nSPS) is 10.6. The molecule has 1 aromatic carbocycles. The van der Waals surface area contributed by atoms with Crippen LogP contribution in [-0.2, 0) is 14.3 Å². The van der Waals surface area contributed by atoms with E-state index in [-0.39, 0.29) is 6.61 Å². The first kappa shape index (κ1) is 15.8. The lowest BCUT2D eigenvalue weighted by atomic mass is 10.1. The summed E-state index contributed by atoms with van der Waals surface area (Å²) in [5, 5.41) is 0. The maximum absolute atomic E-state index is 11.7. The fourth-order valence-corrected chi connectivity index (χ4v) is 1.49. The van der Waals surface area contributed by atoms with Gasteiger partial charge in [0.2, 0.25) is 0 Å². The third kappa shape index (κ3) is 4.12. The van der Waals surface area contributed by atoms with E-state index in [1.54, 1.807) is 32.0 Å². The molecule has 0 aliphatic heterocycles. The summed E-state index contributed by atoms with van der Waals surface area (Å²) in [6, 6.07) is 6.40. The lowest BCUT2D eigenvalue weighted by molar-refractivity contribution is -0.156. The molecule has 0 saturated heterocycles. The van der Waals surface area contributed by atoms with Crippen molar-refractivity contribution in [3.8, 4) is 5.75 Å². The molecule has 0 bridgehead atoms. The second-order valence-electron chi connectivity index (χ2n) is 4.52. The minimum atomic E-state index is -1.14. The summed E-state index contributed by atoms with van der Waals surface area (Å²) in [6.45, 7) is 6.77. The summed E-state index contributed by atoms with van der Waals surface area (Å²) >= 11 is 0. The Hall–Kier alpha value is -2.30. The van der Waals surface area contributed by atoms with Gasteiger partial charge >= 0.3 is 11.9 Å². The summed E-state index contributed by atoms with van der Waals surface area (Å²) in [7, 11) is 1.29. The molecule has 0 aliphatic carbocycles. The molecule has 0 saturated carbocycles. The first-order chi connectivity index (χ1) is 9.40. The highest BCUT2D eigenvalue weighted by Crippen LogP contribution is 2.21. The SMILES string of the molecule is C=CCOC(=O)c1cccc(OC(C)(C)C(=O)OC)c1. The number of ether oxygens (including phenoxy) is 3. The van der Waals surface area contributed by atoms with Crippen LogP contribution in [0.25, 0.3) is 0 Å². The number of esters is 2. The second kappa shape index (κ2) is 6.75. The van der Waals surface area contributed by atoms with Crippen LogP contribution in [0.5, 0.6) is 5.75 Å². The zero-order valence-electron chi connectivity index (χ0n) is 11.8. The highest BCUT2D eigenvalue weighted by Gasteiger charge is 2.31. The minimum absolute atomic E-state index is 0.136. The van der Waals surface area contributed by atoms with Gasteiger partial charge in [-0.05, 0) is 32.0 Å². The Morgan fingerprint density at radius 1 is 1.35 bits per heavy atom. The molecule has 20 heavy (non-hydrogen) atoms. The fraction of sp³-hybridized carbons (Fsp3) is 0.333. The van der Waals surface area contributed by atoms with Crippen LogP contribution in [0.1, 0.15) is 24.2 Å². The van der Waals surface area contributed by atoms with Crippen molar-refractivity contribution in [3.63, 3.8) is 0 Å². The van der Waals surface area contributed by atoms with Gasteiger partial charge in [-0.25, -0.2) is 9.59 Å². The third-order valence-electron chi connectivity index (χ3n) is 2.45. The lowest BCUT2D eigenvalue weighted by Gasteiger charge is -2.23. The van der Waals surface area contributed by atoms with Crippen molar-refractivity contribution in [2.45, 2.75) is 19.4 Å². The van der Waals surface area contributed by atoms with Gasteiger partial charge in [0.25, 0.3) is 0 Å². The molecule has 1 rings (SSSR count). The number of rotatable bonds is 6. The maximum Gasteiger partial charge on any atom is 0.349 e. The van der Waals surface area contributed by atoms with Crippen molar-refractivity contribution in [2.24, 2.45) is 0 Å². The third-order valence-corrected chi connectivity index (χ3v) is 2.45. The fourth-order valence-electron chi connectivity index (χ4n) is 1.49. The topological polar surface area (TPSA) is 61.8 Å². The van der Waals surface area contributed by atoms with E-state index in [2.05, 4.69) is 11.3 Å². The van der Waals surface area contributed by atoms with Crippen LogP contribution in [0, 0.1) is 0 Å². The van der Waals surface area contributed by atoms with Crippen LogP contribution in [0.2, 0.25) is 0 Å². The number of methoxy groups -OCH3 is 1. The molecule has 0 heterocycles. The molecular formula is C15H18O5. The monoisotopic (exact) mass is 278 g/mol. The highest BCUT2D eigenvalue weighted by atomic mass is 16.6. The molecule has 108 valence electrons. The van der Waals surface area contributed by atoms with Gasteiger partial charge in [0, 0.05) is 0 Å². The van der Waals surface area contributed by atoms with E-state index < -0.39 is 17.5 Å². The number of hydrogen-bond acceptors (Lipinski definition) is 5. The van der Waals surface area contributed by atoms with Crippen LogP contribution >= 0.6 is 0 Å². The Balaban J connectivity index is 2.85. The van der Waals surface area contributed by atoms with Gasteiger partial charge in [-0.2, -0.15) is 0 Å². The minimum Gasteiger partial charge on any atom is -0.476 e. The van der Waals surface area contributed by atoms with Gasteiger partial charge in [0.1, 0.15) is 12.4 Å². The quantitative estimate of drug-likeness (QED) is 0.590. The summed E-state index contributed by atoms with van der Waals surface area (Å²) < 4.78 is 15.1. The summed E-state index contributed by atoms with van der Waals surface area (Å²) in [5.41, 5.74) is -0.803. The molecule has 5 heteroatoms. The Labute approximate surface area is 118 Å². The standard InChI is InChI=1S/C15H18O5/c1-5-9-19-13(16)11-7-6-8-12(10-11)20-15(2,3)14(17)18-4/h5-8,10H,1,9H2,2-4H3. The molecule has 0 radical (unpaired) electrons. The predicted molar refractivity (Wildman–Crippen MR) is 73.6 cm³/mol. The van der Waals surface area contributed by atoms with E-state index in [1.165, 1.54) is 19.3 Å². The van der Waals surface area contributed by atoms with E-state index in [1.807, 2.05) is 0 Å². The summed E-state index contributed by atoms with van der Waals surface area (Å²) in [4.78, 5) is 23.2. The van der Waals surface area contributed by atoms with E-state index in [4.69, 9.17) is 9.47 Å². The van der Waals surface area contributed by atoms with Gasteiger partial charge in [-0.15, -0.1) is 0 Å². The number of carbonyl (C=O) groups is 2. The van der Waals surface area contributed by atoms with E-state index >= 15 is 0 Å². The molecule has 1 aromatic rings. The summed E-state index contributed by atoms with van der Waals surface area (Å²) in [5.74, 6) is -0.600. The molecule has 0 atom stereocenters. The molecule has 0 spiro atoms. The van der Waals surface area contributed by atoms with Gasteiger partial charge in [-0.3, -0.25) is 0 Å². The van der Waals surface area contributed by atoms with Crippen LogP contribution in [0.3, 0.4) is 0 Å². The number of hydrogen-bond donors (Lipinski definition) is 0. The van der Waals surface area contributed by atoms with Gasteiger partial charge in [0.05, 0.1) is 12.7 Å². The van der Waals surface area contributed by atoms with Crippen molar-refractivity contribution < 1.29 is 23.8 Å². The molecule has 0 N–H and O–H groups in total. The average molecular weight is 278 g/mol. The van der Waals surface area contributed by atoms with Crippen molar-refractivity contribution in [1.82, 2.24) is 0 Å². The molecule has 5 nitrogen and oxygen atoms in total. The zero-order valence-corrected chi connectivity index (χ0v) is 11.8. The van der Waals surface area contributed by atoms with Crippen molar-refractivity contribution in [2.75, 3.05) is 13.7 Å². The highest BCUT2D eigenvalue weighted by molar-refractivity contribution is 5.90. The number of benzene rings is 1. The Morgan fingerprint density at radius 2 is 2.05 bits per heavy atom. The Bertz CT molecular complexity index is 505.